The highest BCUT2D eigenvalue weighted by Gasteiger charge is 2.39. The van der Waals surface area contributed by atoms with Crippen molar-refractivity contribution in [1.82, 2.24) is 15.0 Å². The van der Waals surface area contributed by atoms with E-state index < -0.39 is 17.8 Å². The molecule has 0 radical (unpaired) electrons. The van der Waals surface area contributed by atoms with E-state index in [1.165, 1.54) is 24.7 Å². The molecule has 1 fully saturated rings. The standard InChI is InChI=1S/C16H11N3O4/c20-14-10-3-1-2-4-11(10)15(21)19(14)23-16(22)12-7-17-8-18-13(12)9-5-6-9/h1-4,7-9H,5-6H2. The Kier molecular flexibility index (Phi) is 2.94. The molecule has 2 amide bonds. The highest BCUT2D eigenvalue weighted by molar-refractivity contribution is 6.21. The number of carbonyl (C=O) groups excluding carboxylic acids is 3. The molecular weight excluding hydrogens is 298 g/mol. The fourth-order valence-corrected chi connectivity index (χ4v) is 2.56. The Balaban J connectivity index is 1.61. The van der Waals surface area contributed by atoms with Gasteiger partial charge in [-0.25, -0.2) is 14.8 Å². The Morgan fingerprint density at radius 3 is 2.39 bits per heavy atom. The van der Waals surface area contributed by atoms with Gasteiger partial charge >= 0.3 is 5.97 Å². The number of hydrogen-bond acceptors (Lipinski definition) is 6. The monoisotopic (exact) mass is 309 g/mol. The molecule has 0 unspecified atom stereocenters. The smallest absolute Gasteiger partial charge is 0.324 e. The lowest BCUT2D eigenvalue weighted by molar-refractivity contribution is -0.0586. The summed E-state index contributed by atoms with van der Waals surface area (Å²) in [5.41, 5.74) is 1.22. The molecule has 1 saturated carbocycles. The Morgan fingerprint density at radius 2 is 1.78 bits per heavy atom. The van der Waals surface area contributed by atoms with E-state index in [2.05, 4.69) is 9.97 Å². The Bertz CT molecular complexity index is 810. The van der Waals surface area contributed by atoms with Crippen molar-refractivity contribution >= 4 is 17.8 Å². The molecule has 1 aliphatic heterocycles. The number of fused-ring (bicyclic) bond motifs is 1. The van der Waals surface area contributed by atoms with E-state index in [4.69, 9.17) is 4.84 Å². The molecule has 23 heavy (non-hydrogen) atoms. The average Bonchev–Trinajstić information content (AvgIpc) is 3.40. The third kappa shape index (κ3) is 2.17. The highest BCUT2D eigenvalue weighted by atomic mass is 16.7. The lowest BCUT2D eigenvalue weighted by Crippen LogP contribution is -2.33. The van der Waals surface area contributed by atoms with Gasteiger partial charge in [-0.2, -0.15) is 0 Å². The predicted octanol–water partition coefficient (Wildman–Crippen LogP) is 1.72. The van der Waals surface area contributed by atoms with Crippen molar-refractivity contribution in [2.75, 3.05) is 0 Å². The van der Waals surface area contributed by atoms with Gasteiger partial charge in [-0.1, -0.05) is 17.2 Å². The molecule has 4 rings (SSSR count). The lowest BCUT2D eigenvalue weighted by Gasteiger charge is -2.13. The van der Waals surface area contributed by atoms with Gasteiger partial charge in [0.1, 0.15) is 11.9 Å². The van der Waals surface area contributed by atoms with E-state index in [0.717, 1.165) is 12.8 Å². The van der Waals surface area contributed by atoms with Gasteiger partial charge in [-0.05, 0) is 25.0 Å². The summed E-state index contributed by atoms with van der Waals surface area (Å²) in [7, 11) is 0. The second-order valence-electron chi connectivity index (χ2n) is 5.42. The van der Waals surface area contributed by atoms with Crippen molar-refractivity contribution in [2.45, 2.75) is 18.8 Å². The highest BCUT2D eigenvalue weighted by Crippen LogP contribution is 2.40. The summed E-state index contributed by atoms with van der Waals surface area (Å²) < 4.78 is 0. The first kappa shape index (κ1) is 13.6. The van der Waals surface area contributed by atoms with Crippen LogP contribution in [0.2, 0.25) is 0 Å². The molecule has 2 aliphatic rings. The van der Waals surface area contributed by atoms with Gasteiger partial charge in [0.25, 0.3) is 11.8 Å². The Labute approximate surface area is 130 Å². The molecule has 2 heterocycles. The van der Waals surface area contributed by atoms with Gasteiger partial charge in [0.2, 0.25) is 0 Å². The fourth-order valence-electron chi connectivity index (χ4n) is 2.56. The topological polar surface area (TPSA) is 89.5 Å². The molecule has 1 aliphatic carbocycles. The number of hydroxylamine groups is 2. The number of hydrogen-bond donors (Lipinski definition) is 0. The van der Waals surface area contributed by atoms with E-state index in [1.54, 1.807) is 12.1 Å². The zero-order valence-electron chi connectivity index (χ0n) is 11.9. The summed E-state index contributed by atoms with van der Waals surface area (Å²) in [6.45, 7) is 0. The van der Waals surface area contributed by atoms with Crippen LogP contribution in [0.1, 0.15) is 55.5 Å². The third-order valence-corrected chi connectivity index (χ3v) is 3.86. The van der Waals surface area contributed by atoms with Crippen molar-refractivity contribution in [1.29, 1.82) is 0 Å². The third-order valence-electron chi connectivity index (χ3n) is 3.86. The minimum Gasteiger partial charge on any atom is -0.324 e. The molecule has 0 N–H and O–H groups in total. The van der Waals surface area contributed by atoms with Gasteiger partial charge in [0.05, 0.1) is 16.8 Å². The van der Waals surface area contributed by atoms with Gasteiger partial charge in [-0.3, -0.25) is 9.59 Å². The van der Waals surface area contributed by atoms with Gasteiger partial charge in [-0.15, -0.1) is 0 Å². The van der Waals surface area contributed by atoms with Crippen molar-refractivity contribution in [3.8, 4) is 0 Å². The van der Waals surface area contributed by atoms with Crippen LogP contribution >= 0.6 is 0 Å². The first-order chi connectivity index (χ1) is 11.2. The maximum Gasteiger partial charge on any atom is 0.367 e. The summed E-state index contributed by atoms with van der Waals surface area (Å²) >= 11 is 0. The first-order valence-electron chi connectivity index (χ1n) is 7.17. The van der Waals surface area contributed by atoms with E-state index in [-0.39, 0.29) is 22.6 Å². The van der Waals surface area contributed by atoms with E-state index in [1.807, 2.05) is 0 Å². The van der Waals surface area contributed by atoms with Crippen LogP contribution in [0.4, 0.5) is 0 Å². The van der Waals surface area contributed by atoms with Crippen LogP contribution in [-0.2, 0) is 4.84 Å². The molecule has 7 heteroatoms. The molecule has 0 bridgehead atoms. The largest absolute Gasteiger partial charge is 0.367 e. The summed E-state index contributed by atoms with van der Waals surface area (Å²) in [6.07, 6.45) is 4.61. The molecule has 1 aromatic carbocycles. The van der Waals surface area contributed by atoms with E-state index in [0.29, 0.717) is 10.8 Å². The van der Waals surface area contributed by atoms with Crippen molar-refractivity contribution in [3.05, 3.63) is 59.2 Å². The Morgan fingerprint density at radius 1 is 1.13 bits per heavy atom. The number of aromatic nitrogens is 2. The molecule has 2 aromatic rings. The number of nitrogens with zero attached hydrogens (tertiary/aromatic N) is 3. The van der Waals surface area contributed by atoms with Crippen LogP contribution in [0.3, 0.4) is 0 Å². The summed E-state index contributed by atoms with van der Waals surface area (Å²) in [5.74, 6) is -1.89. The van der Waals surface area contributed by atoms with Crippen molar-refractivity contribution in [3.63, 3.8) is 0 Å². The second kappa shape index (κ2) is 4.98. The van der Waals surface area contributed by atoms with Gasteiger partial charge in [0.15, 0.2) is 0 Å². The van der Waals surface area contributed by atoms with Crippen molar-refractivity contribution < 1.29 is 19.2 Å². The second-order valence-corrected chi connectivity index (χ2v) is 5.42. The van der Waals surface area contributed by atoms with Gasteiger partial charge in [0, 0.05) is 12.1 Å². The summed E-state index contributed by atoms with van der Waals surface area (Å²) in [5, 5.41) is 0.497. The van der Waals surface area contributed by atoms with Crippen LogP contribution in [0, 0.1) is 0 Å². The van der Waals surface area contributed by atoms with Crippen molar-refractivity contribution in [2.24, 2.45) is 0 Å². The number of imide groups is 1. The Hall–Kier alpha value is -3.09. The van der Waals surface area contributed by atoms with E-state index in [9.17, 15) is 14.4 Å². The maximum absolute atomic E-state index is 12.3. The molecule has 114 valence electrons. The van der Waals surface area contributed by atoms with Crippen LogP contribution in [0.25, 0.3) is 0 Å². The maximum atomic E-state index is 12.3. The molecular formula is C16H11N3O4. The lowest BCUT2D eigenvalue weighted by atomic mass is 10.1. The predicted molar refractivity (Wildman–Crippen MR) is 76.4 cm³/mol. The molecule has 0 atom stereocenters. The molecule has 1 aromatic heterocycles. The quantitative estimate of drug-likeness (QED) is 0.802. The number of rotatable bonds is 3. The number of carbonyl (C=O) groups is 3. The van der Waals surface area contributed by atoms with E-state index >= 15 is 0 Å². The molecule has 0 spiro atoms. The fraction of sp³-hybridized carbons (Fsp3) is 0.188. The van der Waals surface area contributed by atoms with Gasteiger partial charge < -0.3 is 4.84 Å². The van der Waals surface area contributed by atoms with Crippen LogP contribution < -0.4 is 0 Å². The zero-order chi connectivity index (χ0) is 16.0. The minimum absolute atomic E-state index is 0.187. The SMILES string of the molecule is O=C(ON1C(=O)c2ccccc2C1=O)c1cncnc1C1CC1. The zero-order valence-corrected chi connectivity index (χ0v) is 11.9. The summed E-state index contributed by atoms with van der Waals surface area (Å²) in [6, 6.07) is 6.33. The molecule has 7 nitrogen and oxygen atoms in total. The molecule has 0 saturated heterocycles. The number of amides is 2. The normalized spacial score (nSPS) is 16.4. The van der Waals surface area contributed by atoms with Crippen LogP contribution in [-0.4, -0.2) is 32.8 Å². The van der Waals surface area contributed by atoms with Crippen LogP contribution in [0.15, 0.2) is 36.8 Å². The minimum atomic E-state index is -0.804. The summed E-state index contributed by atoms with van der Waals surface area (Å²) in [4.78, 5) is 49.7. The number of benzene rings is 1. The first-order valence-corrected chi connectivity index (χ1v) is 7.17. The average molecular weight is 309 g/mol. The van der Waals surface area contributed by atoms with Crippen LogP contribution in [0.5, 0.6) is 0 Å².